The predicted octanol–water partition coefficient (Wildman–Crippen LogP) is 2.95. The van der Waals surface area contributed by atoms with Crippen molar-refractivity contribution in [2.24, 2.45) is 5.92 Å². The minimum absolute atomic E-state index is 0.0137. The maximum absolute atomic E-state index is 12.7. The van der Waals surface area contributed by atoms with Crippen molar-refractivity contribution in [1.82, 2.24) is 10.6 Å². The maximum atomic E-state index is 12.7. The summed E-state index contributed by atoms with van der Waals surface area (Å²) in [5, 5.41) is 4.94. The van der Waals surface area contributed by atoms with Crippen molar-refractivity contribution < 1.29 is 14.4 Å². The van der Waals surface area contributed by atoms with Crippen molar-refractivity contribution in [3.05, 3.63) is 70.2 Å². The molecule has 5 nitrogen and oxygen atoms in total. The largest absolute Gasteiger partial charge is 0.302 e. The molecule has 0 unspecified atom stereocenters. The summed E-state index contributed by atoms with van der Waals surface area (Å²) in [5.41, 5.74) is 1.28. The topological polar surface area (TPSA) is 75.3 Å². The molecule has 1 fully saturated rings. The van der Waals surface area contributed by atoms with Gasteiger partial charge in [0, 0.05) is 22.4 Å². The number of rotatable bonds is 5. The summed E-state index contributed by atoms with van der Waals surface area (Å²) >= 11 is 8.23. The molecule has 1 saturated heterocycles. The molecule has 0 aliphatic carbocycles. The number of halogens is 1. The van der Waals surface area contributed by atoms with Crippen LogP contribution in [0.3, 0.4) is 0 Å². The molecular formula is C19H15BrN2O3S. The average molecular weight is 431 g/mol. The fraction of sp³-hybridized carbons (Fsp3) is 0.158. The molecule has 0 saturated carbocycles. The van der Waals surface area contributed by atoms with Gasteiger partial charge in [-0.1, -0.05) is 58.4 Å². The lowest BCUT2D eigenvalue weighted by atomic mass is 9.80. The first-order valence-electron chi connectivity index (χ1n) is 7.95. The van der Waals surface area contributed by atoms with Gasteiger partial charge in [-0.25, -0.2) is 0 Å². The first kappa shape index (κ1) is 18.4. The van der Waals surface area contributed by atoms with Crippen LogP contribution in [0.5, 0.6) is 0 Å². The molecule has 0 aromatic heterocycles. The van der Waals surface area contributed by atoms with Crippen LogP contribution in [0, 0.1) is 5.92 Å². The molecule has 26 heavy (non-hydrogen) atoms. The molecular weight excluding hydrogens is 416 g/mol. The number of amides is 2. The molecule has 3 rings (SSSR count). The molecule has 1 atom stereocenters. The summed E-state index contributed by atoms with van der Waals surface area (Å²) in [6.45, 7) is 0. The van der Waals surface area contributed by atoms with E-state index in [1.54, 1.807) is 36.4 Å². The van der Waals surface area contributed by atoms with E-state index in [4.69, 9.17) is 12.2 Å². The van der Waals surface area contributed by atoms with Gasteiger partial charge < -0.3 is 10.6 Å². The zero-order valence-corrected chi connectivity index (χ0v) is 16.0. The van der Waals surface area contributed by atoms with E-state index in [2.05, 4.69) is 26.6 Å². The number of nitrogens with one attached hydrogen (secondary N) is 2. The molecule has 7 heteroatoms. The standard InChI is InChI=1S/C19H15BrN2O3S/c20-13-8-6-11(7-9-13)14(10-15(23)12-4-2-1-3-5-12)16-17(24)21-19(26)22-18(16)25/h1-9,14,16H,10H2,(H2,21,22,24,25,26)/t14-/m0/s1. The number of benzene rings is 2. The van der Waals surface area contributed by atoms with E-state index < -0.39 is 23.7 Å². The Hall–Kier alpha value is -2.38. The monoisotopic (exact) mass is 430 g/mol. The molecule has 1 aliphatic heterocycles. The van der Waals surface area contributed by atoms with Crippen LogP contribution >= 0.6 is 28.1 Å². The molecule has 0 spiro atoms. The second kappa shape index (κ2) is 7.88. The lowest BCUT2D eigenvalue weighted by Crippen LogP contribution is -2.57. The highest BCUT2D eigenvalue weighted by Gasteiger charge is 2.40. The average Bonchev–Trinajstić information content (AvgIpc) is 2.61. The minimum Gasteiger partial charge on any atom is -0.302 e. The van der Waals surface area contributed by atoms with Crippen LogP contribution < -0.4 is 10.6 Å². The normalized spacial score (nSPS) is 16.0. The fourth-order valence-electron chi connectivity index (χ4n) is 2.97. The van der Waals surface area contributed by atoms with Crippen LogP contribution in [0.15, 0.2) is 59.1 Å². The Balaban J connectivity index is 1.95. The minimum atomic E-state index is -1.03. The SMILES string of the molecule is O=C(C[C@@H](c1ccc(Br)cc1)C1C(=O)NC(=S)NC1=O)c1ccccc1. The third-order valence-electron chi connectivity index (χ3n) is 4.24. The van der Waals surface area contributed by atoms with Crippen molar-refractivity contribution in [2.75, 3.05) is 0 Å². The van der Waals surface area contributed by atoms with Gasteiger partial charge >= 0.3 is 0 Å². The zero-order chi connectivity index (χ0) is 18.7. The Labute approximate surface area is 164 Å². The van der Waals surface area contributed by atoms with Gasteiger partial charge in [-0.15, -0.1) is 0 Å². The van der Waals surface area contributed by atoms with Gasteiger partial charge in [-0.3, -0.25) is 14.4 Å². The van der Waals surface area contributed by atoms with E-state index in [-0.39, 0.29) is 17.3 Å². The van der Waals surface area contributed by atoms with Gasteiger partial charge in [-0.05, 0) is 29.9 Å². The van der Waals surface area contributed by atoms with Crippen LogP contribution in [0.4, 0.5) is 0 Å². The van der Waals surface area contributed by atoms with Crippen molar-refractivity contribution in [1.29, 1.82) is 0 Å². The van der Waals surface area contributed by atoms with E-state index in [0.717, 1.165) is 10.0 Å². The Bertz CT molecular complexity index is 848. The Kier molecular flexibility index (Phi) is 5.58. The van der Waals surface area contributed by atoms with E-state index >= 15 is 0 Å². The van der Waals surface area contributed by atoms with Crippen LogP contribution in [0.2, 0.25) is 0 Å². The van der Waals surface area contributed by atoms with Crippen molar-refractivity contribution in [3.63, 3.8) is 0 Å². The summed E-state index contributed by atoms with van der Waals surface area (Å²) < 4.78 is 0.869. The third kappa shape index (κ3) is 4.05. The highest BCUT2D eigenvalue weighted by Crippen LogP contribution is 2.32. The number of ketones is 1. The summed E-state index contributed by atoms with van der Waals surface area (Å²) in [6.07, 6.45) is 0.0317. The van der Waals surface area contributed by atoms with Gasteiger partial charge in [0.1, 0.15) is 5.92 Å². The van der Waals surface area contributed by atoms with E-state index in [1.165, 1.54) is 0 Å². The molecule has 1 aliphatic rings. The van der Waals surface area contributed by atoms with Gasteiger partial charge in [-0.2, -0.15) is 0 Å². The van der Waals surface area contributed by atoms with Gasteiger partial charge in [0.25, 0.3) is 0 Å². The van der Waals surface area contributed by atoms with Gasteiger partial charge in [0.05, 0.1) is 0 Å². The summed E-state index contributed by atoms with van der Waals surface area (Å²) in [7, 11) is 0. The lowest BCUT2D eigenvalue weighted by molar-refractivity contribution is -0.136. The number of hydrogen-bond acceptors (Lipinski definition) is 4. The molecule has 2 amide bonds. The maximum Gasteiger partial charge on any atom is 0.239 e. The summed E-state index contributed by atoms with van der Waals surface area (Å²) in [4.78, 5) is 37.6. The molecule has 2 N–H and O–H groups in total. The molecule has 132 valence electrons. The highest BCUT2D eigenvalue weighted by molar-refractivity contribution is 9.10. The van der Waals surface area contributed by atoms with E-state index in [1.807, 2.05) is 18.2 Å². The predicted molar refractivity (Wildman–Crippen MR) is 105 cm³/mol. The Morgan fingerprint density at radius 1 is 1.00 bits per heavy atom. The van der Waals surface area contributed by atoms with Crippen molar-refractivity contribution >= 4 is 50.9 Å². The summed E-state index contributed by atoms with van der Waals surface area (Å²) in [5.74, 6) is -2.75. The highest BCUT2D eigenvalue weighted by atomic mass is 79.9. The molecule has 2 aromatic carbocycles. The number of carbonyl (C=O) groups is 3. The number of Topliss-reactive ketones (excluding diaryl/α,β-unsaturated/α-hetero) is 1. The quantitative estimate of drug-likeness (QED) is 0.434. The third-order valence-corrected chi connectivity index (χ3v) is 4.97. The van der Waals surface area contributed by atoms with Crippen LogP contribution in [0.25, 0.3) is 0 Å². The number of thiocarbonyl (C=S) groups is 1. The molecule has 1 heterocycles. The van der Waals surface area contributed by atoms with Gasteiger partial charge in [0.2, 0.25) is 11.8 Å². The van der Waals surface area contributed by atoms with Crippen LogP contribution in [-0.4, -0.2) is 22.7 Å². The van der Waals surface area contributed by atoms with Crippen molar-refractivity contribution in [2.45, 2.75) is 12.3 Å². The first-order valence-corrected chi connectivity index (χ1v) is 9.15. The smallest absolute Gasteiger partial charge is 0.239 e. The van der Waals surface area contributed by atoms with E-state index in [9.17, 15) is 14.4 Å². The Morgan fingerprint density at radius 3 is 2.15 bits per heavy atom. The Morgan fingerprint density at radius 2 is 1.58 bits per heavy atom. The second-order valence-corrected chi connectivity index (χ2v) is 7.26. The van der Waals surface area contributed by atoms with E-state index in [0.29, 0.717) is 5.56 Å². The van der Waals surface area contributed by atoms with Crippen molar-refractivity contribution in [3.8, 4) is 0 Å². The van der Waals surface area contributed by atoms with Gasteiger partial charge in [0.15, 0.2) is 10.9 Å². The molecule has 0 radical (unpaired) electrons. The molecule has 2 aromatic rings. The number of hydrogen-bond donors (Lipinski definition) is 2. The second-order valence-electron chi connectivity index (χ2n) is 5.94. The zero-order valence-electron chi connectivity index (χ0n) is 13.6. The summed E-state index contributed by atoms with van der Waals surface area (Å²) in [6, 6.07) is 16.1. The molecule has 0 bridgehead atoms. The van der Waals surface area contributed by atoms with Crippen LogP contribution in [-0.2, 0) is 9.59 Å². The lowest BCUT2D eigenvalue weighted by Gasteiger charge is -2.29. The number of carbonyl (C=O) groups excluding carboxylic acids is 3. The first-order chi connectivity index (χ1) is 12.5. The fourth-order valence-corrected chi connectivity index (χ4v) is 3.44. The van der Waals surface area contributed by atoms with Crippen LogP contribution in [0.1, 0.15) is 28.3 Å².